The second-order valence-electron chi connectivity index (χ2n) is 11.3. The first-order valence-electron chi connectivity index (χ1n) is 12.2. The van der Waals surface area contributed by atoms with E-state index < -0.39 is 64.3 Å². The molecule has 1 heterocycles. The number of hydrogen-bond donors (Lipinski definition) is 1. The number of carbonyl (C=O) groups is 3. The van der Waals surface area contributed by atoms with Crippen molar-refractivity contribution in [3.8, 4) is 0 Å². The predicted molar refractivity (Wildman–Crippen MR) is 137 cm³/mol. The first-order chi connectivity index (χ1) is 17.8. The number of carboxylic acid groups (broad SMARTS) is 1. The van der Waals surface area contributed by atoms with E-state index in [1.807, 2.05) is 0 Å². The van der Waals surface area contributed by atoms with E-state index in [0.29, 0.717) is 0 Å². The maximum atomic E-state index is 14.3. The Labute approximate surface area is 233 Å². The zero-order chi connectivity index (χ0) is 29.5. The van der Waals surface area contributed by atoms with Gasteiger partial charge in [0.05, 0.1) is 45.4 Å². The molecule has 7 nitrogen and oxygen atoms in total. The molecule has 1 amide bonds. The molecule has 0 unspecified atom stereocenters. The summed E-state index contributed by atoms with van der Waals surface area (Å²) in [6.45, 7) is 6.01. The molecule has 39 heavy (non-hydrogen) atoms. The quantitative estimate of drug-likeness (QED) is 0.278. The largest absolute Gasteiger partial charge is 0.481 e. The molecule has 3 rings (SSSR count). The lowest BCUT2D eigenvalue weighted by Crippen LogP contribution is -2.42. The Hall–Kier alpha value is -2.66. The minimum atomic E-state index is -4.96. The number of carbonyl (C=O) groups excluding carboxylic acids is 2. The molecule has 1 aromatic heterocycles. The molecule has 0 spiro atoms. The summed E-state index contributed by atoms with van der Waals surface area (Å²) in [5, 5.41) is 12.8. The average Bonchev–Trinajstić information content (AvgIpc) is 3.22. The van der Waals surface area contributed by atoms with E-state index in [4.69, 9.17) is 23.2 Å². The second kappa shape index (κ2) is 11.1. The molecule has 1 aliphatic carbocycles. The number of hydrogen-bond acceptors (Lipinski definition) is 4. The van der Waals surface area contributed by atoms with Gasteiger partial charge in [-0.3, -0.25) is 19.1 Å². The Morgan fingerprint density at radius 2 is 1.67 bits per heavy atom. The number of amides is 1. The molecule has 0 bridgehead atoms. The number of aromatic nitrogens is 2. The second-order valence-corrected chi connectivity index (χ2v) is 12.2. The highest BCUT2D eigenvalue weighted by Crippen LogP contribution is 2.43. The number of alkyl halides is 3. The summed E-state index contributed by atoms with van der Waals surface area (Å²) >= 11 is 12.0. The van der Waals surface area contributed by atoms with Gasteiger partial charge in [-0.1, -0.05) is 44.0 Å². The van der Waals surface area contributed by atoms with Gasteiger partial charge >= 0.3 is 12.1 Å². The van der Waals surface area contributed by atoms with Crippen LogP contribution in [0.2, 0.25) is 10.0 Å². The lowest BCUT2D eigenvalue weighted by Gasteiger charge is -2.34. The summed E-state index contributed by atoms with van der Waals surface area (Å²) in [7, 11) is 0. The Kier molecular flexibility index (Phi) is 8.77. The van der Waals surface area contributed by atoms with Gasteiger partial charge in [0.2, 0.25) is 0 Å². The zero-order valence-electron chi connectivity index (χ0n) is 21.8. The molecule has 1 aliphatic rings. The van der Waals surface area contributed by atoms with Gasteiger partial charge in [0.1, 0.15) is 5.82 Å². The summed E-state index contributed by atoms with van der Waals surface area (Å²) in [6.07, 6.45) is -3.57. The molecule has 1 saturated carbocycles. The number of rotatable bonds is 7. The van der Waals surface area contributed by atoms with Crippen molar-refractivity contribution in [3.63, 3.8) is 0 Å². The van der Waals surface area contributed by atoms with Gasteiger partial charge in [-0.25, -0.2) is 4.39 Å². The monoisotopic (exact) mass is 593 g/mol. The summed E-state index contributed by atoms with van der Waals surface area (Å²) in [6, 6.07) is 0.995. The summed E-state index contributed by atoms with van der Waals surface area (Å²) in [5.74, 6) is -3.64. The van der Waals surface area contributed by atoms with Crippen LogP contribution in [0.25, 0.3) is 0 Å². The van der Waals surface area contributed by atoms with Gasteiger partial charge in [0, 0.05) is 6.54 Å². The fourth-order valence-electron chi connectivity index (χ4n) is 4.78. The standard InChI is InChI=1S/C26H29Cl2F4N3O4/c1-24(2,3)13-34(12-19(36)20-17(27)9-14(29)10-18(20)28)22(37)16-11-33-35(21(16)26(30,31)32)15-5-7-25(4,8-6-15)23(38)39/h9-11,15H,5-8,12-13H2,1-4H3,(H,38,39). The summed E-state index contributed by atoms with van der Waals surface area (Å²) in [5.41, 5.74) is -3.91. The van der Waals surface area contributed by atoms with E-state index in [9.17, 15) is 37.1 Å². The van der Waals surface area contributed by atoms with Crippen molar-refractivity contribution in [2.24, 2.45) is 10.8 Å². The van der Waals surface area contributed by atoms with Crippen molar-refractivity contribution in [1.29, 1.82) is 0 Å². The molecule has 0 saturated heterocycles. The highest BCUT2D eigenvalue weighted by molar-refractivity contribution is 6.40. The third-order valence-electron chi connectivity index (χ3n) is 6.79. The van der Waals surface area contributed by atoms with Crippen LogP contribution in [0.15, 0.2) is 18.3 Å². The summed E-state index contributed by atoms with van der Waals surface area (Å²) < 4.78 is 57.4. The Morgan fingerprint density at radius 1 is 1.13 bits per heavy atom. The van der Waals surface area contributed by atoms with Crippen molar-refractivity contribution in [3.05, 3.63) is 51.0 Å². The number of halogens is 6. The van der Waals surface area contributed by atoms with Crippen molar-refractivity contribution >= 4 is 40.9 Å². The van der Waals surface area contributed by atoms with Crippen LogP contribution >= 0.6 is 23.2 Å². The number of benzene rings is 1. The minimum Gasteiger partial charge on any atom is -0.481 e. The van der Waals surface area contributed by atoms with Gasteiger partial charge in [0.15, 0.2) is 11.5 Å². The van der Waals surface area contributed by atoms with Gasteiger partial charge in [-0.05, 0) is 50.2 Å². The topological polar surface area (TPSA) is 92.5 Å². The molecule has 13 heteroatoms. The van der Waals surface area contributed by atoms with Crippen molar-refractivity contribution in [2.45, 2.75) is 65.6 Å². The maximum absolute atomic E-state index is 14.3. The molecule has 1 fully saturated rings. The Balaban J connectivity index is 1.99. The first-order valence-corrected chi connectivity index (χ1v) is 12.9. The molecule has 1 N–H and O–H groups in total. The minimum absolute atomic E-state index is 0.100. The van der Waals surface area contributed by atoms with E-state index in [2.05, 4.69) is 5.10 Å². The van der Waals surface area contributed by atoms with Crippen LogP contribution in [0.3, 0.4) is 0 Å². The van der Waals surface area contributed by atoms with E-state index >= 15 is 0 Å². The maximum Gasteiger partial charge on any atom is 0.433 e. The van der Waals surface area contributed by atoms with E-state index in [1.165, 1.54) is 0 Å². The molecule has 2 aromatic rings. The SMILES string of the molecule is CC(C)(C)CN(CC(=O)c1c(Cl)cc(F)cc1Cl)C(=O)c1cnn(C2CCC(C)(C(=O)O)CC2)c1C(F)(F)F. The lowest BCUT2D eigenvalue weighted by atomic mass is 9.74. The van der Waals surface area contributed by atoms with Crippen molar-refractivity contribution in [1.82, 2.24) is 14.7 Å². The molecular weight excluding hydrogens is 565 g/mol. The molecule has 214 valence electrons. The summed E-state index contributed by atoms with van der Waals surface area (Å²) in [4.78, 5) is 39.2. The number of aliphatic carboxylic acids is 1. The van der Waals surface area contributed by atoms with E-state index in [1.54, 1.807) is 27.7 Å². The van der Waals surface area contributed by atoms with Gasteiger partial charge < -0.3 is 10.0 Å². The average molecular weight is 594 g/mol. The number of nitrogens with zero attached hydrogens (tertiary/aromatic N) is 3. The van der Waals surface area contributed by atoms with Crippen LogP contribution in [-0.4, -0.2) is 50.5 Å². The third kappa shape index (κ3) is 6.92. The normalized spacial score (nSPS) is 20.1. The third-order valence-corrected chi connectivity index (χ3v) is 7.38. The Morgan fingerprint density at radius 3 is 2.13 bits per heavy atom. The highest BCUT2D eigenvalue weighted by Gasteiger charge is 2.45. The fraction of sp³-hybridized carbons (Fsp3) is 0.538. The van der Waals surface area contributed by atoms with E-state index in [0.717, 1.165) is 27.9 Å². The number of Topliss-reactive ketones (excluding diaryl/α,β-unsaturated/α-hetero) is 1. The van der Waals surface area contributed by atoms with Crippen LogP contribution in [0.5, 0.6) is 0 Å². The van der Waals surface area contributed by atoms with Crippen molar-refractivity contribution in [2.75, 3.05) is 13.1 Å². The molecular formula is C26H29Cl2F4N3O4. The van der Waals surface area contributed by atoms with Gasteiger partial charge in [-0.2, -0.15) is 18.3 Å². The van der Waals surface area contributed by atoms with Crippen LogP contribution in [0, 0.1) is 16.6 Å². The number of carboxylic acids is 1. The van der Waals surface area contributed by atoms with Crippen LogP contribution < -0.4 is 0 Å². The van der Waals surface area contributed by atoms with Crippen molar-refractivity contribution < 1.29 is 37.1 Å². The number of ketones is 1. The zero-order valence-corrected chi connectivity index (χ0v) is 23.3. The lowest BCUT2D eigenvalue weighted by molar-refractivity contribution is -0.152. The van der Waals surface area contributed by atoms with Crippen LogP contribution in [0.4, 0.5) is 17.6 Å². The smallest absolute Gasteiger partial charge is 0.433 e. The van der Waals surface area contributed by atoms with E-state index in [-0.39, 0.29) is 47.8 Å². The highest BCUT2D eigenvalue weighted by atomic mass is 35.5. The molecule has 0 atom stereocenters. The molecule has 0 aliphatic heterocycles. The van der Waals surface area contributed by atoms with Crippen LogP contribution in [-0.2, 0) is 11.0 Å². The van der Waals surface area contributed by atoms with Gasteiger partial charge in [-0.15, -0.1) is 0 Å². The molecule has 1 aromatic carbocycles. The first kappa shape index (κ1) is 30.9. The predicted octanol–water partition coefficient (Wildman–Crippen LogP) is 6.93. The molecule has 0 radical (unpaired) electrons. The van der Waals surface area contributed by atoms with Crippen LogP contribution in [0.1, 0.15) is 85.8 Å². The fourth-order valence-corrected chi connectivity index (χ4v) is 5.45. The van der Waals surface area contributed by atoms with Gasteiger partial charge in [0.25, 0.3) is 5.91 Å². The Bertz CT molecular complexity index is 1260.